The fraction of sp³-hybridized carbons (Fsp3) is 0.417. The van der Waals surface area contributed by atoms with E-state index in [9.17, 15) is 9.90 Å². The lowest BCUT2D eigenvalue weighted by Crippen LogP contribution is -2.27. The number of nitrogens with one attached hydrogen (secondary N) is 1. The van der Waals surface area contributed by atoms with Crippen LogP contribution in [-0.4, -0.2) is 37.4 Å². The van der Waals surface area contributed by atoms with E-state index in [4.69, 9.17) is 4.74 Å². The standard InChI is InChI=1S/C12H15NO3S2/c1-16-7-8(14)2-4-13-12(15)11-6-10-9(18-11)3-5-17-10/h3,5-6,8,14H,2,4,7H2,1H3,(H,13,15). The lowest BCUT2D eigenvalue weighted by Gasteiger charge is -2.09. The van der Waals surface area contributed by atoms with Gasteiger partial charge in [-0.3, -0.25) is 4.79 Å². The Morgan fingerprint density at radius 2 is 2.39 bits per heavy atom. The number of aliphatic hydroxyl groups excluding tert-OH is 1. The molecule has 2 rings (SSSR count). The minimum absolute atomic E-state index is 0.0759. The fourth-order valence-corrected chi connectivity index (χ4v) is 3.62. The zero-order chi connectivity index (χ0) is 13.0. The SMILES string of the molecule is COCC(O)CCNC(=O)c1cc2sccc2s1. The smallest absolute Gasteiger partial charge is 0.261 e. The van der Waals surface area contributed by atoms with Gasteiger partial charge >= 0.3 is 0 Å². The van der Waals surface area contributed by atoms with Crippen molar-refractivity contribution in [3.05, 3.63) is 22.4 Å². The molecule has 0 aliphatic carbocycles. The topological polar surface area (TPSA) is 58.6 Å². The predicted octanol–water partition coefficient (Wildman–Crippen LogP) is 2.09. The number of methoxy groups -OCH3 is 1. The number of ether oxygens (including phenoxy) is 1. The molecular weight excluding hydrogens is 270 g/mol. The molecule has 18 heavy (non-hydrogen) atoms. The molecule has 6 heteroatoms. The van der Waals surface area contributed by atoms with Gasteiger partial charge in [-0.05, 0) is 23.9 Å². The Morgan fingerprint density at radius 1 is 1.56 bits per heavy atom. The van der Waals surface area contributed by atoms with Crippen molar-refractivity contribution < 1.29 is 14.6 Å². The predicted molar refractivity (Wildman–Crippen MR) is 74.5 cm³/mol. The molecule has 98 valence electrons. The molecule has 1 unspecified atom stereocenters. The van der Waals surface area contributed by atoms with Crippen LogP contribution < -0.4 is 5.32 Å². The molecule has 0 radical (unpaired) electrons. The number of hydrogen-bond donors (Lipinski definition) is 2. The van der Waals surface area contributed by atoms with Crippen molar-refractivity contribution in [2.45, 2.75) is 12.5 Å². The van der Waals surface area contributed by atoms with Gasteiger partial charge in [-0.15, -0.1) is 22.7 Å². The van der Waals surface area contributed by atoms with Crippen molar-refractivity contribution in [1.82, 2.24) is 5.32 Å². The summed E-state index contributed by atoms with van der Waals surface area (Å²) in [5, 5.41) is 14.3. The highest BCUT2D eigenvalue weighted by Gasteiger charge is 2.11. The summed E-state index contributed by atoms with van der Waals surface area (Å²) in [5.74, 6) is -0.0759. The molecule has 1 amide bonds. The van der Waals surface area contributed by atoms with E-state index >= 15 is 0 Å². The number of hydrogen-bond acceptors (Lipinski definition) is 5. The van der Waals surface area contributed by atoms with Crippen molar-refractivity contribution in [2.24, 2.45) is 0 Å². The molecule has 0 aliphatic heterocycles. The maximum Gasteiger partial charge on any atom is 0.261 e. The third kappa shape index (κ3) is 3.29. The monoisotopic (exact) mass is 285 g/mol. The van der Waals surface area contributed by atoms with Gasteiger partial charge in [-0.25, -0.2) is 0 Å². The normalized spacial score (nSPS) is 12.8. The van der Waals surface area contributed by atoms with E-state index < -0.39 is 6.10 Å². The molecule has 2 heterocycles. The van der Waals surface area contributed by atoms with E-state index in [2.05, 4.69) is 5.32 Å². The molecule has 0 aromatic carbocycles. The van der Waals surface area contributed by atoms with Crippen LogP contribution >= 0.6 is 22.7 Å². The quantitative estimate of drug-likeness (QED) is 0.854. The number of carbonyl (C=O) groups is 1. The average molecular weight is 285 g/mol. The number of thiophene rings is 2. The second-order valence-electron chi connectivity index (χ2n) is 3.91. The summed E-state index contributed by atoms with van der Waals surface area (Å²) < 4.78 is 7.10. The largest absolute Gasteiger partial charge is 0.391 e. The highest BCUT2D eigenvalue weighted by atomic mass is 32.1. The van der Waals surface area contributed by atoms with Crippen LogP contribution in [0.1, 0.15) is 16.1 Å². The van der Waals surface area contributed by atoms with Crippen molar-refractivity contribution in [1.29, 1.82) is 0 Å². The first-order valence-corrected chi connectivity index (χ1v) is 7.32. The van der Waals surface area contributed by atoms with Crippen LogP contribution in [0.4, 0.5) is 0 Å². The Hall–Kier alpha value is -0.950. The molecule has 0 fully saturated rings. The Morgan fingerprint density at radius 3 is 3.11 bits per heavy atom. The Bertz CT molecular complexity index is 492. The van der Waals surface area contributed by atoms with E-state index in [1.165, 1.54) is 11.3 Å². The lowest BCUT2D eigenvalue weighted by molar-refractivity contribution is 0.0588. The van der Waals surface area contributed by atoms with Gasteiger partial charge < -0.3 is 15.2 Å². The highest BCUT2D eigenvalue weighted by Crippen LogP contribution is 2.29. The minimum atomic E-state index is -0.526. The fourth-order valence-electron chi connectivity index (χ4n) is 1.59. The van der Waals surface area contributed by atoms with Crippen molar-refractivity contribution >= 4 is 38.0 Å². The second kappa shape index (κ2) is 6.29. The van der Waals surface area contributed by atoms with Crippen LogP contribution in [0.2, 0.25) is 0 Å². The van der Waals surface area contributed by atoms with E-state index in [-0.39, 0.29) is 5.91 Å². The van der Waals surface area contributed by atoms with Gasteiger partial charge in [0, 0.05) is 23.1 Å². The molecule has 4 nitrogen and oxygen atoms in total. The van der Waals surface area contributed by atoms with Gasteiger partial charge in [-0.1, -0.05) is 0 Å². The van der Waals surface area contributed by atoms with Crippen LogP contribution in [0.15, 0.2) is 17.5 Å². The van der Waals surface area contributed by atoms with Crippen LogP contribution in [0.3, 0.4) is 0 Å². The maximum atomic E-state index is 11.8. The number of carbonyl (C=O) groups excluding carboxylic acids is 1. The van der Waals surface area contributed by atoms with E-state index in [1.807, 2.05) is 17.5 Å². The molecule has 2 N–H and O–H groups in total. The van der Waals surface area contributed by atoms with Crippen LogP contribution in [0.5, 0.6) is 0 Å². The first-order valence-electron chi connectivity index (χ1n) is 5.63. The Kier molecular flexibility index (Phi) is 4.71. The molecule has 0 saturated carbocycles. The van der Waals surface area contributed by atoms with Gasteiger partial charge in [0.2, 0.25) is 0 Å². The summed E-state index contributed by atoms with van der Waals surface area (Å²) >= 11 is 3.13. The van der Waals surface area contributed by atoms with Gasteiger partial charge in [0.15, 0.2) is 0 Å². The summed E-state index contributed by atoms with van der Waals surface area (Å²) in [6.07, 6.45) is -0.0265. The molecule has 0 spiro atoms. The van der Waals surface area contributed by atoms with Gasteiger partial charge in [0.1, 0.15) is 0 Å². The first-order chi connectivity index (χ1) is 8.70. The third-order valence-corrected chi connectivity index (χ3v) is 4.58. The van der Waals surface area contributed by atoms with Gasteiger partial charge in [0.05, 0.1) is 17.6 Å². The van der Waals surface area contributed by atoms with E-state index in [0.717, 1.165) is 14.3 Å². The van der Waals surface area contributed by atoms with E-state index in [0.29, 0.717) is 19.6 Å². The summed E-state index contributed by atoms with van der Waals surface area (Å²) in [4.78, 5) is 12.6. The summed E-state index contributed by atoms with van der Waals surface area (Å²) in [6, 6.07) is 3.93. The van der Waals surface area contributed by atoms with Gasteiger partial charge in [0.25, 0.3) is 5.91 Å². The average Bonchev–Trinajstić information content (AvgIpc) is 2.89. The Balaban J connectivity index is 1.83. The third-order valence-electron chi connectivity index (χ3n) is 2.49. The van der Waals surface area contributed by atoms with Crippen LogP contribution in [-0.2, 0) is 4.74 Å². The first kappa shape index (κ1) is 13.5. The zero-order valence-corrected chi connectivity index (χ0v) is 11.6. The van der Waals surface area contributed by atoms with Crippen molar-refractivity contribution in [3.63, 3.8) is 0 Å². The molecule has 0 saturated heterocycles. The van der Waals surface area contributed by atoms with Gasteiger partial charge in [-0.2, -0.15) is 0 Å². The summed E-state index contributed by atoms with van der Waals surface area (Å²) in [7, 11) is 1.54. The van der Waals surface area contributed by atoms with Crippen molar-refractivity contribution in [3.8, 4) is 0 Å². The number of fused-ring (bicyclic) bond motifs is 1. The van der Waals surface area contributed by atoms with Crippen LogP contribution in [0, 0.1) is 0 Å². The molecule has 0 bridgehead atoms. The molecular formula is C12H15NO3S2. The maximum absolute atomic E-state index is 11.8. The summed E-state index contributed by atoms with van der Waals surface area (Å²) in [6.45, 7) is 0.750. The van der Waals surface area contributed by atoms with Crippen molar-refractivity contribution in [2.75, 3.05) is 20.3 Å². The molecule has 2 aromatic heterocycles. The highest BCUT2D eigenvalue weighted by molar-refractivity contribution is 7.27. The van der Waals surface area contributed by atoms with E-state index in [1.54, 1.807) is 18.4 Å². The number of rotatable bonds is 6. The number of amides is 1. The molecule has 0 aliphatic rings. The zero-order valence-electron chi connectivity index (χ0n) is 10.0. The second-order valence-corrected chi connectivity index (χ2v) is 5.94. The summed E-state index contributed by atoms with van der Waals surface area (Å²) in [5.41, 5.74) is 0. The lowest BCUT2D eigenvalue weighted by atomic mass is 10.2. The number of aliphatic hydroxyl groups is 1. The molecule has 1 atom stereocenters. The minimum Gasteiger partial charge on any atom is -0.391 e. The Labute approximate surface area is 113 Å². The van der Waals surface area contributed by atoms with Crippen LogP contribution in [0.25, 0.3) is 9.40 Å². The molecule has 2 aromatic rings.